The molecule has 0 unspecified atom stereocenters. The minimum absolute atomic E-state index is 0.158. The zero-order valence-corrected chi connectivity index (χ0v) is 19.4. The molecule has 0 spiro atoms. The fraction of sp³-hybridized carbons (Fsp3) is 0.261. The van der Waals surface area contributed by atoms with E-state index in [1.807, 2.05) is 0 Å². The van der Waals surface area contributed by atoms with E-state index in [1.165, 1.54) is 4.90 Å². The van der Waals surface area contributed by atoms with Crippen LogP contribution in [0.2, 0.25) is 5.02 Å². The van der Waals surface area contributed by atoms with E-state index < -0.39 is 29.8 Å². The zero-order chi connectivity index (χ0) is 24.4. The topological polar surface area (TPSA) is 126 Å². The van der Waals surface area contributed by atoms with Gasteiger partial charge in [0.15, 0.2) is 5.82 Å². The van der Waals surface area contributed by atoms with Gasteiger partial charge in [0.05, 0.1) is 5.92 Å². The summed E-state index contributed by atoms with van der Waals surface area (Å²) in [7, 11) is 3.30. The average molecular weight is 482 g/mol. The van der Waals surface area contributed by atoms with Crippen molar-refractivity contribution in [3.63, 3.8) is 0 Å². The molecule has 0 radical (unpaired) electrons. The van der Waals surface area contributed by atoms with Crippen LogP contribution in [0.1, 0.15) is 11.1 Å². The van der Waals surface area contributed by atoms with Gasteiger partial charge in [-0.25, -0.2) is 9.78 Å². The van der Waals surface area contributed by atoms with Gasteiger partial charge in [-0.3, -0.25) is 24.1 Å². The van der Waals surface area contributed by atoms with Crippen LogP contribution in [-0.4, -0.2) is 50.6 Å². The number of aromatic nitrogens is 3. The van der Waals surface area contributed by atoms with Crippen LogP contribution in [0.15, 0.2) is 54.9 Å². The number of likely N-dealkylation sites (N-methyl/N-ethyl adjacent to an activating group) is 1. The van der Waals surface area contributed by atoms with Crippen molar-refractivity contribution in [1.29, 1.82) is 0 Å². The number of imide groups is 1. The molecule has 11 heteroatoms. The van der Waals surface area contributed by atoms with Gasteiger partial charge in [-0.1, -0.05) is 23.7 Å². The van der Waals surface area contributed by atoms with E-state index in [0.717, 1.165) is 16.0 Å². The fourth-order valence-corrected chi connectivity index (χ4v) is 4.15. The van der Waals surface area contributed by atoms with E-state index >= 15 is 0 Å². The van der Waals surface area contributed by atoms with E-state index in [4.69, 9.17) is 17.3 Å². The molecule has 0 aliphatic carbocycles. The Bertz CT molecular complexity index is 1240. The van der Waals surface area contributed by atoms with Gasteiger partial charge in [-0.2, -0.15) is 5.10 Å². The van der Waals surface area contributed by atoms with Crippen molar-refractivity contribution in [3.05, 3.63) is 71.0 Å². The predicted molar refractivity (Wildman–Crippen MR) is 127 cm³/mol. The Hall–Kier alpha value is -3.92. The molecule has 4 rings (SSSR count). The Labute approximate surface area is 201 Å². The van der Waals surface area contributed by atoms with Crippen LogP contribution in [0.25, 0.3) is 0 Å². The number of aryl methyl sites for hydroxylation is 1. The number of likely N-dealkylation sites (tertiary alicyclic amines) is 1. The van der Waals surface area contributed by atoms with Crippen LogP contribution in [0.5, 0.6) is 0 Å². The normalized spacial score (nSPS) is 17.3. The van der Waals surface area contributed by atoms with Gasteiger partial charge in [0, 0.05) is 44.1 Å². The number of nitrogens with two attached hydrogens (primary N) is 1. The lowest BCUT2D eigenvalue weighted by molar-refractivity contribution is -0.156. The van der Waals surface area contributed by atoms with E-state index in [0.29, 0.717) is 16.7 Å². The van der Waals surface area contributed by atoms with Crippen molar-refractivity contribution < 1.29 is 14.4 Å². The molecule has 3 aromatic rings. The number of carbonyl (C=O) groups is 3. The third-order valence-electron chi connectivity index (χ3n) is 5.69. The van der Waals surface area contributed by atoms with Crippen molar-refractivity contribution >= 4 is 41.1 Å². The lowest BCUT2D eigenvalue weighted by Crippen LogP contribution is -2.70. The Balaban J connectivity index is 1.55. The standard InChI is InChI=1S/C23H24ClN7O3/c1-29-9-7-19(28-29)30(2)22(33)20-17(11-14-6-8-26-18(25)12-14)21(32)31(20)23(34)27-13-15-4-3-5-16(24)10-15/h3-10,12,17,20H,11,13H2,1-2H3,(H2,25,26)(H,27,34)/t17-,20+/m1/s1. The smallest absolute Gasteiger partial charge is 0.325 e. The maximum absolute atomic E-state index is 13.4. The number of halogens is 1. The van der Waals surface area contributed by atoms with Crippen LogP contribution in [0, 0.1) is 5.92 Å². The number of anilines is 2. The summed E-state index contributed by atoms with van der Waals surface area (Å²) in [4.78, 5) is 45.7. The number of pyridine rings is 1. The minimum atomic E-state index is -0.992. The molecule has 0 bridgehead atoms. The summed E-state index contributed by atoms with van der Waals surface area (Å²) in [5, 5.41) is 7.49. The molecule has 4 amide bonds. The quantitative estimate of drug-likeness (QED) is 0.518. The number of hydrogen-bond donors (Lipinski definition) is 2. The SMILES string of the molecule is CN(C(=O)[C@@H]1[C@@H](Cc2ccnc(N)c2)C(=O)N1C(=O)NCc1cccc(Cl)c1)c1ccn(C)n1. The number of amides is 4. The molecule has 176 valence electrons. The molecule has 1 saturated heterocycles. The lowest BCUT2D eigenvalue weighted by Gasteiger charge is -2.45. The van der Waals surface area contributed by atoms with Crippen LogP contribution in [0.4, 0.5) is 16.4 Å². The molecule has 2 atom stereocenters. The van der Waals surface area contributed by atoms with E-state index in [9.17, 15) is 14.4 Å². The molecule has 34 heavy (non-hydrogen) atoms. The van der Waals surface area contributed by atoms with Gasteiger partial charge in [0.2, 0.25) is 5.91 Å². The van der Waals surface area contributed by atoms with Crippen molar-refractivity contribution in [2.24, 2.45) is 13.0 Å². The van der Waals surface area contributed by atoms with Gasteiger partial charge in [-0.15, -0.1) is 0 Å². The van der Waals surface area contributed by atoms with Crippen LogP contribution in [-0.2, 0) is 29.6 Å². The summed E-state index contributed by atoms with van der Waals surface area (Å²) in [5.41, 5.74) is 7.29. The van der Waals surface area contributed by atoms with Gasteiger partial charge >= 0.3 is 6.03 Å². The number of carbonyl (C=O) groups excluding carboxylic acids is 3. The maximum Gasteiger partial charge on any atom is 0.325 e. The highest BCUT2D eigenvalue weighted by molar-refractivity contribution is 6.30. The zero-order valence-electron chi connectivity index (χ0n) is 18.7. The molecular weight excluding hydrogens is 458 g/mol. The van der Waals surface area contributed by atoms with Crippen molar-refractivity contribution in [2.45, 2.75) is 19.0 Å². The van der Waals surface area contributed by atoms with E-state index in [2.05, 4.69) is 15.4 Å². The molecule has 1 fully saturated rings. The number of urea groups is 1. The second-order valence-electron chi connectivity index (χ2n) is 8.09. The van der Waals surface area contributed by atoms with E-state index in [-0.39, 0.29) is 13.0 Å². The molecule has 2 aromatic heterocycles. The molecule has 1 aromatic carbocycles. The minimum Gasteiger partial charge on any atom is -0.384 e. The molecule has 0 saturated carbocycles. The summed E-state index contributed by atoms with van der Waals surface area (Å²) < 4.78 is 1.57. The fourth-order valence-electron chi connectivity index (χ4n) is 3.93. The van der Waals surface area contributed by atoms with Crippen LogP contribution in [0.3, 0.4) is 0 Å². The third kappa shape index (κ3) is 4.72. The number of nitrogens with one attached hydrogen (secondary N) is 1. The summed E-state index contributed by atoms with van der Waals surface area (Å²) in [6, 6.07) is 10.4. The predicted octanol–water partition coefficient (Wildman–Crippen LogP) is 1.99. The number of β-lactam (4-membered cyclic amide) rings is 1. The summed E-state index contributed by atoms with van der Waals surface area (Å²) in [6.07, 6.45) is 3.49. The van der Waals surface area contributed by atoms with Gasteiger partial charge in [0.1, 0.15) is 11.9 Å². The van der Waals surface area contributed by atoms with Gasteiger partial charge in [-0.05, 0) is 41.8 Å². The Kier molecular flexibility index (Phi) is 6.51. The first-order valence-electron chi connectivity index (χ1n) is 10.6. The number of hydrogen-bond acceptors (Lipinski definition) is 6. The Morgan fingerprint density at radius 2 is 2.00 bits per heavy atom. The van der Waals surface area contributed by atoms with Crippen LogP contribution >= 0.6 is 11.6 Å². The lowest BCUT2D eigenvalue weighted by atomic mass is 9.81. The highest BCUT2D eigenvalue weighted by atomic mass is 35.5. The number of nitrogen functional groups attached to an aromatic ring is 1. The highest BCUT2D eigenvalue weighted by Gasteiger charge is 2.55. The summed E-state index contributed by atoms with van der Waals surface area (Å²) in [6.45, 7) is 0.158. The molecule has 3 N–H and O–H groups in total. The second kappa shape index (κ2) is 9.52. The van der Waals surface area contributed by atoms with Gasteiger partial charge in [0.25, 0.3) is 5.91 Å². The average Bonchev–Trinajstić information content (AvgIpc) is 3.24. The van der Waals surface area contributed by atoms with Crippen molar-refractivity contribution in [2.75, 3.05) is 17.7 Å². The summed E-state index contributed by atoms with van der Waals surface area (Å²) in [5.74, 6) is -0.848. The molecule has 3 heterocycles. The molecule has 1 aliphatic rings. The number of rotatable bonds is 6. The Morgan fingerprint density at radius 1 is 1.21 bits per heavy atom. The number of nitrogens with zero attached hydrogens (tertiary/aromatic N) is 5. The maximum atomic E-state index is 13.4. The second-order valence-corrected chi connectivity index (χ2v) is 8.52. The third-order valence-corrected chi connectivity index (χ3v) is 5.93. The van der Waals surface area contributed by atoms with Crippen LogP contribution < -0.4 is 16.0 Å². The van der Waals surface area contributed by atoms with Gasteiger partial charge < -0.3 is 11.1 Å². The van der Waals surface area contributed by atoms with Crippen molar-refractivity contribution in [1.82, 2.24) is 25.0 Å². The first kappa shape index (κ1) is 23.2. The van der Waals surface area contributed by atoms with Crippen molar-refractivity contribution in [3.8, 4) is 0 Å². The molecule has 1 aliphatic heterocycles. The Morgan fingerprint density at radius 3 is 2.68 bits per heavy atom. The first-order valence-corrected chi connectivity index (χ1v) is 11.0. The largest absolute Gasteiger partial charge is 0.384 e. The molecular formula is C23H24ClN7O3. The highest BCUT2D eigenvalue weighted by Crippen LogP contribution is 2.32. The number of benzene rings is 1. The summed E-state index contributed by atoms with van der Waals surface area (Å²) >= 11 is 6.00. The monoisotopic (exact) mass is 481 g/mol. The first-order chi connectivity index (χ1) is 16.2. The molecule has 10 nitrogen and oxygen atoms in total. The van der Waals surface area contributed by atoms with E-state index in [1.54, 1.807) is 73.6 Å².